The van der Waals surface area contributed by atoms with Gasteiger partial charge in [-0.15, -0.1) is 16.4 Å². The van der Waals surface area contributed by atoms with Crippen molar-refractivity contribution in [2.75, 3.05) is 0 Å². The molecule has 0 amide bonds. The van der Waals surface area contributed by atoms with Gasteiger partial charge in [0, 0.05) is 11.6 Å². The van der Waals surface area contributed by atoms with E-state index in [1.165, 1.54) is 34.3 Å². The maximum atomic E-state index is 13.2. The van der Waals surface area contributed by atoms with E-state index in [2.05, 4.69) is 15.3 Å². The molecule has 0 saturated carbocycles. The fourth-order valence-electron chi connectivity index (χ4n) is 2.00. The Balaban J connectivity index is 1.65. The van der Waals surface area contributed by atoms with Crippen molar-refractivity contribution >= 4 is 17.3 Å². The highest BCUT2D eigenvalue weighted by Crippen LogP contribution is 2.20. The number of thiazole rings is 1. The van der Waals surface area contributed by atoms with Gasteiger partial charge in [0.25, 0.3) is 0 Å². The molecule has 8 heteroatoms. The number of ether oxygens (including phenoxy) is 1. The first-order valence-corrected chi connectivity index (χ1v) is 7.75. The summed E-state index contributed by atoms with van der Waals surface area (Å²) in [4.78, 5) is 16.1. The Labute approximate surface area is 135 Å². The Hall–Kier alpha value is -2.61. The highest BCUT2D eigenvalue weighted by molar-refractivity contribution is 7.09. The summed E-state index contributed by atoms with van der Waals surface area (Å²) in [7, 11) is 0. The van der Waals surface area contributed by atoms with Crippen molar-refractivity contribution in [3.05, 3.63) is 64.1 Å². The Kier molecular flexibility index (Phi) is 4.42. The van der Waals surface area contributed by atoms with Gasteiger partial charge in [-0.05, 0) is 24.6 Å². The molecule has 0 spiro atoms. The number of hydrogen-bond donors (Lipinski definition) is 0. The SMILES string of the molecule is C[C@H](OC(=O)c1cn(Cc2cccc(F)c2)nn1)c1nccs1. The number of carbonyl (C=O) groups excluding carboxylic acids is 1. The van der Waals surface area contributed by atoms with Crippen LogP contribution in [0.4, 0.5) is 4.39 Å². The lowest BCUT2D eigenvalue weighted by atomic mass is 10.2. The van der Waals surface area contributed by atoms with E-state index in [1.54, 1.807) is 25.3 Å². The number of esters is 1. The summed E-state index contributed by atoms with van der Waals surface area (Å²) in [5.41, 5.74) is 0.829. The molecule has 2 heterocycles. The van der Waals surface area contributed by atoms with E-state index in [0.717, 1.165) is 5.56 Å². The third-order valence-corrected chi connectivity index (χ3v) is 4.00. The first-order valence-electron chi connectivity index (χ1n) is 6.87. The van der Waals surface area contributed by atoms with Crippen LogP contribution in [0.5, 0.6) is 0 Å². The molecule has 0 aliphatic rings. The summed E-state index contributed by atoms with van der Waals surface area (Å²) in [6, 6.07) is 6.16. The second kappa shape index (κ2) is 6.66. The van der Waals surface area contributed by atoms with Gasteiger partial charge in [0.1, 0.15) is 10.8 Å². The van der Waals surface area contributed by atoms with Gasteiger partial charge < -0.3 is 4.74 Å². The zero-order valence-electron chi connectivity index (χ0n) is 12.2. The molecule has 1 atom stereocenters. The summed E-state index contributed by atoms with van der Waals surface area (Å²) < 4.78 is 19.9. The molecule has 23 heavy (non-hydrogen) atoms. The summed E-state index contributed by atoms with van der Waals surface area (Å²) in [5, 5.41) is 10.2. The summed E-state index contributed by atoms with van der Waals surface area (Å²) in [6.45, 7) is 2.06. The van der Waals surface area contributed by atoms with Gasteiger partial charge in [-0.2, -0.15) is 0 Å². The van der Waals surface area contributed by atoms with E-state index >= 15 is 0 Å². The average Bonchev–Trinajstić information content (AvgIpc) is 3.18. The third kappa shape index (κ3) is 3.78. The summed E-state index contributed by atoms with van der Waals surface area (Å²) in [6.07, 6.45) is 2.68. The molecule has 6 nitrogen and oxygen atoms in total. The Bertz CT molecular complexity index is 803. The van der Waals surface area contributed by atoms with Gasteiger partial charge in [0.15, 0.2) is 11.8 Å². The molecule has 2 aromatic heterocycles. The van der Waals surface area contributed by atoms with Crippen LogP contribution < -0.4 is 0 Å². The van der Waals surface area contributed by atoms with Crippen LogP contribution in [0.25, 0.3) is 0 Å². The second-order valence-electron chi connectivity index (χ2n) is 4.85. The van der Waals surface area contributed by atoms with E-state index in [1.807, 2.05) is 5.38 Å². The number of aromatic nitrogens is 4. The molecule has 0 aliphatic carbocycles. The van der Waals surface area contributed by atoms with Crippen molar-refractivity contribution in [3.63, 3.8) is 0 Å². The molecule has 0 radical (unpaired) electrons. The Morgan fingerprint density at radius 2 is 2.35 bits per heavy atom. The monoisotopic (exact) mass is 332 g/mol. The van der Waals surface area contributed by atoms with E-state index < -0.39 is 12.1 Å². The quantitative estimate of drug-likeness (QED) is 0.672. The summed E-state index contributed by atoms with van der Waals surface area (Å²) >= 11 is 1.41. The number of nitrogens with zero attached hydrogens (tertiary/aromatic N) is 4. The minimum absolute atomic E-state index is 0.102. The number of benzene rings is 1. The fraction of sp³-hybridized carbons (Fsp3) is 0.200. The average molecular weight is 332 g/mol. The predicted molar refractivity (Wildman–Crippen MR) is 81.5 cm³/mol. The minimum Gasteiger partial charge on any atom is -0.450 e. The molecular weight excluding hydrogens is 319 g/mol. The number of hydrogen-bond acceptors (Lipinski definition) is 6. The molecule has 3 rings (SSSR count). The first kappa shape index (κ1) is 15.3. The topological polar surface area (TPSA) is 69.9 Å². The van der Waals surface area contributed by atoms with Crippen molar-refractivity contribution in [2.45, 2.75) is 19.6 Å². The van der Waals surface area contributed by atoms with Gasteiger partial charge in [0.05, 0.1) is 12.7 Å². The standard InChI is InChI=1S/C15H13FN4O2S/c1-10(14-17-5-6-23-14)22-15(21)13-9-20(19-18-13)8-11-3-2-4-12(16)7-11/h2-7,9-10H,8H2,1H3/t10-/m0/s1. The zero-order valence-corrected chi connectivity index (χ0v) is 13.0. The molecule has 3 aromatic rings. The smallest absolute Gasteiger partial charge is 0.361 e. The van der Waals surface area contributed by atoms with E-state index in [0.29, 0.717) is 11.6 Å². The predicted octanol–water partition coefficient (Wildman–Crippen LogP) is 2.84. The number of carbonyl (C=O) groups is 1. The van der Waals surface area contributed by atoms with Gasteiger partial charge >= 0.3 is 5.97 Å². The Morgan fingerprint density at radius 1 is 1.48 bits per heavy atom. The molecule has 0 N–H and O–H groups in total. The first-order chi connectivity index (χ1) is 11.1. The van der Waals surface area contributed by atoms with Crippen LogP contribution >= 0.6 is 11.3 Å². The van der Waals surface area contributed by atoms with E-state index in [9.17, 15) is 9.18 Å². The molecule has 0 aliphatic heterocycles. The zero-order chi connectivity index (χ0) is 16.2. The van der Waals surface area contributed by atoms with Crippen LogP contribution in [0.1, 0.15) is 34.1 Å². The molecule has 1 aromatic carbocycles. The molecule has 0 bridgehead atoms. The number of rotatable bonds is 5. The highest BCUT2D eigenvalue weighted by Gasteiger charge is 2.18. The van der Waals surface area contributed by atoms with Crippen molar-refractivity contribution < 1.29 is 13.9 Å². The second-order valence-corrected chi connectivity index (χ2v) is 5.78. The molecule has 118 valence electrons. The lowest BCUT2D eigenvalue weighted by Crippen LogP contribution is -2.09. The van der Waals surface area contributed by atoms with Gasteiger partial charge in [-0.1, -0.05) is 17.3 Å². The Morgan fingerprint density at radius 3 is 3.09 bits per heavy atom. The van der Waals surface area contributed by atoms with Crippen molar-refractivity contribution in [1.82, 2.24) is 20.0 Å². The van der Waals surface area contributed by atoms with E-state index in [-0.39, 0.29) is 11.5 Å². The fourth-order valence-corrected chi connectivity index (χ4v) is 2.62. The molecule has 0 fully saturated rings. The van der Waals surface area contributed by atoms with Crippen molar-refractivity contribution in [2.24, 2.45) is 0 Å². The molecule has 0 saturated heterocycles. The molecule has 0 unspecified atom stereocenters. The van der Waals surface area contributed by atoms with Gasteiger partial charge in [-0.25, -0.2) is 18.9 Å². The van der Waals surface area contributed by atoms with Crippen molar-refractivity contribution in [1.29, 1.82) is 0 Å². The normalized spacial score (nSPS) is 12.1. The minimum atomic E-state index is -0.571. The van der Waals surface area contributed by atoms with Crippen LogP contribution in [-0.2, 0) is 11.3 Å². The van der Waals surface area contributed by atoms with Gasteiger partial charge in [0.2, 0.25) is 0 Å². The van der Waals surface area contributed by atoms with Crippen LogP contribution in [0.2, 0.25) is 0 Å². The summed E-state index contributed by atoms with van der Waals surface area (Å²) in [5.74, 6) is -0.891. The maximum absolute atomic E-state index is 13.2. The highest BCUT2D eigenvalue weighted by atomic mass is 32.1. The van der Waals surface area contributed by atoms with Crippen molar-refractivity contribution in [3.8, 4) is 0 Å². The maximum Gasteiger partial charge on any atom is 0.361 e. The van der Waals surface area contributed by atoms with Crippen LogP contribution in [-0.4, -0.2) is 25.9 Å². The van der Waals surface area contributed by atoms with E-state index in [4.69, 9.17) is 4.74 Å². The molecular formula is C15H13FN4O2S. The lowest BCUT2D eigenvalue weighted by Gasteiger charge is -2.08. The van der Waals surface area contributed by atoms with Crippen LogP contribution in [0.15, 0.2) is 42.0 Å². The lowest BCUT2D eigenvalue weighted by molar-refractivity contribution is 0.0330. The van der Waals surface area contributed by atoms with Crippen LogP contribution in [0, 0.1) is 5.82 Å². The third-order valence-electron chi connectivity index (χ3n) is 3.06. The van der Waals surface area contributed by atoms with Gasteiger partial charge in [-0.3, -0.25) is 0 Å². The van der Waals surface area contributed by atoms with Crippen LogP contribution in [0.3, 0.4) is 0 Å². The number of halogens is 1. The largest absolute Gasteiger partial charge is 0.450 e.